The SMILES string of the molecule is CC(O)Cc1cc2cccc(C(F)(F)F)c2n1C(C)C. The molecule has 0 radical (unpaired) electrons. The Hall–Kier alpha value is -1.49. The molecule has 0 bridgehead atoms. The number of alkyl halides is 3. The van der Waals surface area contributed by atoms with Crippen molar-refractivity contribution < 1.29 is 18.3 Å². The highest BCUT2D eigenvalue weighted by atomic mass is 19.4. The van der Waals surface area contributed by atoms with Crippen molar-refractivity contribution in [3.63, 3.8) is 0 Å². The summed E-state index contributed by atoms with van der Waals surface area (Å²) in [5.74, 6) is 0. The number of hydrogen-bond acceptors (Lipinski definition) is 1. The summed E-state index contributed by atoms with van der Waals surface area (Å²) in [4.78, 5) is 0. The molecule has 1 aromatic heterocycles. The molecule has 2 rings (SSSR count). The van der Waals surface area contributed by atoms with Crippen LogP contribution < -0.4 is 0 Å². The predicted molar refractivity (Wildman–Crippen MR) is 72.7 cm³/mol. The molecule has 0 amide bonds. The lowest BCUT2D eigenvalue weighted by Gasteiger charge is -2.18. The van der Waals surface area contributed by atoms with Gasteiger partial charge < -0.3 is 9.67 Å². The molecule has 1 N–H and O–H groups in total. The van der Waals surface area contributed by atoms with Crippen molar-refractivity contribution in [2.24, 2.45) is 0 Å². The molecule has 0 fully saturated rings. The highest BCUT2D eigenvalue weighted by Crippen LogP contribution is 2.37. The summed E-state index contributed by atoms with van der Waals surface area (Å²) in [5.41, 5.74) is 0.299. The van der Waals surface area contributed by atoms with Gasteiger partial charge in [0.2, 0.25) is 0 Å². The van der Waals surface area contributed by atoms with Gasteiger partial charge in [-0.05, 0) is 32.9 Å². The van der Waals surface area contributed by atoms with Gasteiger partial charge in [-0.15, -0.1) is 0 Å². The van der Waals surface area contributed by atoms with E-state index in [1.54, 1.807) is 23.6 Å². The summed E-state index contributed by atoms with van der Waals surface area (Å²) in [5, 5.41) is 10.1. The molecule has 1 atom stereocenters. The summed E-state index contributed by atoms with van der Waals surface area (Å²) in [6.07, 6.45) is -4.64. The van der Waals surface area contributed by atoms with Gasteiger partial charge in [-0.2, -0.15) is 13.2 Å². The Labute approximate surface area is 115 Å². The minimum atomic E-state index is -4.38. The normalized spacial score (nSPS) is 14.2. The number of halogens is 3. The fourth-order valence-electron chi connectivity index (χ4n) is 2.62. The molecule has 0 spiro atoms. The quantitative estimate of drug-likeness (QED) is 0.899. The first-order valence-electron chi connectivity index (χ1n) is 6.60. The van der Waals surface area contributed by atoms with Gasteiger partial charge in [0.25, 0.3) is 0 Å². The Morgan fingerprint density at radius 2 is 1.85 bits per heavy atom. The zero-order valence-corrected chi connectivity index (χ0v) is 11.7. The number of rotatable bonds is 3. The Bertz CT molecular complexity index is 611. The molecular weight excluding hydrogens is 267 g/mol. The van der Waals surface area contributed by atoms with Crippen molar-refractivity contribution in [3.8, 4) is 0 Å². The van der Waals surface area contributed by atoms with Gasteiger partial charge in [0.15, 0.2) is 0 Å². The van der Waals surface area contributed by atoms with Crippen LogP contribution in [0.1, 0.15) is 38.1 Å². The minimum absolute atomic E-state index is 0.107. The summed E-state index contributed by atoms with van der Waals surface area (Å²) in [6.45, 7) is 5.32. The molecule has 5 heteroatoms. The van der Waals surface area contributed by atoms with E-state index in [4.69, 9.17) is 0 Å². The van der Waals surface area contributed by atoms with Crippen molar-refractivity contribution in [1.82, 2.24) is 4.57 Å². The van der Waals surface area contributed by atoms with E-state index in [0.717, 1.165) is 11.8 Å². The lowest BCUT2D eigenvalue weighted by atomic mass is 10.1. The summed E-state index contributed by atoms with van der Waals surface area (Å²) < 4.78 is 41.2. The second kappa shape index (κ2) is 5.13. The van der Waals surface area contributed by atoms with Crippen LogP contribution in [-0.2, 0) is 12.6 Å². The van der Waals surface area contributed by atoms with Crippen LogP contribution in [0.3, 0.4) is 0 Å². The third-order valence-corrected chi connectivity index (χ3v) is 3.27. The van der Waals surface area contributed by atoms with Crippen LogP contribution in [0.4, 0.5) is 13.2 Å². The van der Waals surface area contributed by atoms with E-state index in [2.05, 4.69) is 0 Å². The lowest BCUT2D eigenvalue weighted by Crippen LogP contribution is -2.14. The van der Waals surface area contributed by atoms with Crippen LogP contribution >= 0.6 is 0 Å². The molecular formula is C15H18F3NO. The number of aliphatic hydroxyl groups excluding tert-OH is 1. The Balaban J connectivity index is 2.77. The van der Waals surface area contributed by atoms with Crippen LogP contribution in [0, 0.1) is 0 Å². The van der Waals surface area contributed by atoms with Gasteiger partial charge in [-0.25, -0.2) is 0 Å². The molecule has 0 saturated heterocycles. The minimum Gasteiger partial charge on any atom is -0.393 e. The third kappa shape index (κ3) is 2.68. The molecule has 1 aromatic carbocycles. The molecule has 110 valence electrons. The molecule has 0 aliphatic rings. The van der Waals surface area contributed by atoms with Crippen molar-refractivity contribution >= 4 is 10.9 Å². The molecule has 20 heavy (non-hydrogen) atoms. The number of nitrogens with zero attached hydrogens (tertiary/aromatic N) is 1. The summed E-state index contributed by atoms with van der Waals surface area (Å²) in [6, 6.07) is 5.83. The van der Waals surface area contributed by atoms with E-state index in [0.29, 0.717) is 11.8 Å². The summed E-state index contributed by atoms with van der Waals surface area (Å²) in [7, 11) is 0. The van der Waals surface area contributed by atoms with Gasteiger partial charge in [-0.3, -0.25) is 0 Å². The maximum Gasteiger partial charge on any atom is 0.418 e. The van der Waals surface area contributed by atoms with E-state index >= 15 is 0 Å². The highest BCUT2D eigenvalue weighted by molar-refractivity contribution is 5.85. The molecule has 0 saturated carbocycles. The van der Waals surface area contributed by atoms with Crippen LogP contribution in [0.15, 0.2) is 24.3 Å². The Morgan fingerprint density at radius 1 is 1.20 bits per heavy atom. The second-order valence-electron chi connectivity index (χ2n) is 5.39. The van der Waals surface area contributed by atoms with Crippen molar-refractivity contribution in [1.29, 1.82) is 0 Å². The largest absolute Gasteiger partial charge is 0.418 e. The van der Waals surface area contributed by atoms with Gasteiger partial charge in [-0.1, -0.05) is 12.1 Å². The maximum absolute atomic E-state index is 13.2. The van der Waals surface area contributed by atoms with E-state index in [1.165, 1.54) is 6.07 Å². The standard InChI is InChI=1S/C15H18F3NO/c1-9(2)19-12(7-10(3)20)8-11-5-4-6-13(14(11)19)15(16,17)18/h4-6,8-10,20H,7H2,1-3H3. The molecule has 2 aromatic rings. The van der Waals surface area contributed by atoms with Crippen molar-refractivity contribution in [2.45, 2.75) is 45.5 Å². The molecule has 2 nitrogen and oxygen atoms in total. The number of aromatic nitrogens is 1. The third-order valence-electron chi connectivity index (χ3n) is 3.27. The number of para-hydroxylation sites is 1. The summed E-state index contributed by atoms with van der Waals surface area (Å²) >= 11 is 0. The lowest BCUT2D eigenvalue weighted by molar-refractivity contribution is -0.136. The van der Waals surface area contributed by atoms with Gasteiger partial charge in [0, 0.05) is 23.5 Å². The van der Waals surface area contributed by atoms with Gasteiger partial charge in [0.05, 0.1) is 17.2 Å². The first-order chi connectivity index (χ1) is 9.21. The van der Waals surface area contributed by atoms with Crippen LogP contribution in [0.25, 0.3) is 10.9 Å². The number of aliphatic hydroxyl groups is 1. The number of hydrogen-bond donors (Lipinski definition) is 1. The fourth-order valence-corrected chi connectivity index (χ4v) is 2.62. The fraction of sp³-hybridized carbons (Fsp3) is 0.467. The molecule has 0 aliphatic carbocycles. The topological polar surface area (TPSA) is 25.2 Å². The van der Waals surface area contributed by atoms with Crippen molar-refractivity contribution in [2.75, 3.05) is 0 Å². The molecule has 1 heterocycles. The average Bonchev–Trinajstić information content (AvgIpc) is 2.63. The molecule has 1 unspecified atom stereocenters. The predicted octanol–water partition coefficient (Wildman–Crippen LogP) is 4.16. The van der Waals surface area contributed by atoms with Crippen LogP contribution in [-0.4, -0.2) is 15.8 Å². The van der Waals surface area contributed by atoms with E-state index < -0.39 is 17.8 Å². The van der Waals surface area contributed by atoms with Crippen LogP contribution in [0.5, 0.6) is 0 Å². The average molecular weight is 285 g/mol. The number of fused-ring (bicyclic) bond motifs is 1. The zero-order chi connectivity index (χ0) is 15.1. The smallest absolute Gasteiger partial charge is 0.393 e. The second-order valence-corrected chi connectivity index (χ2v) is 5.39. The molecule has 0 aliphatic heterocycles. The first-order valence-corrected chi connectivity index (χ1v) is 6.60. The maximum atomic E-state index is 13.2. The van der Waals surface area contributed by atoms with E-state index in [1.807, 2.05) is 13.8 Å². The Morgan fingerprint density at radius 3 is 2.35 bits per heavy atom. The first kappa shape index (κ1) is 14.9. The van der Waals surface area contributed by atoms with Gasteiger partial charge >= 0.3 is 6.18 Å². The van der Waals surface area contributed by atoms with Crippen LogP contribution in [0.2, 0.25) is 0 Å². The monoisotopic (exact) mass is 285 g/mol. The number of benzene rings is 1. The van der Waals surface area contributed by atoms with Gasteiger partial charge in [0.1, 0.15) is 0 Å². The van der Waals surface area contributed by atoms with E-state index in [9.17, 15) is 18.3 Å². The Kier molecular flexibility index (Phi) is 3.82. The highest BCUT2D eigenvalue weighted by Gasteiger charge is 2.34. The zero-order valence-electron chi connectivity index (χ0n) is 11.7. The van der Waals surface area contributed by atoms with Crippen molar-refractivity contribution in [3.05, 3.63) is 35.5 Å². The van der Waals surface area contributed by atoms with E-state index in [-0.39, 0.29) is 11.6 Å².